The van der Waals surface area contributed by atoms with E-state index in [1.807, 2.05) is 0 Å². The minimum atomic E-state index is -1.32. The highest BCUT2D eigenvalue weighted by atomic mass is 79.9. The maximum absolute atomic E-state index is 11.4. The minimum absolute atomic E-state index is 0.292. The molecule has 6 heteroatoms. The third kappa shape index (κ3) is 2.03. The summed E-state index contributed by atoms with van der Waals surface area (Å²) in [6.07, 6.45) is 0. The van der Waals surface area contributed by atoms with Gasteiger partial charge in [-0.1, -0.05) is 0 Å². The average molecular weight is 299 g/mol. The third-order valence-electron chi connectivity index (χ3n) is 2.23. The van der Waals surface area contributed by atoms with Gasteiger partial charge in [0.1, 0.15) is 11.3 Å². The molecule has 0 spiro atoms. The van der Waals surface area contributed by atoms with E-state index < -0.39 is 17.2 Å². The second kappa shape index (κ2) is 4.21. The van der Waals surface area contributed by atoms with Gasteiger partial charge < -0.3 is 14.3 Å². The van der Waals surface area contributed by atoms with E-state index in [-0.39, 0.29) is 0 Å². The molecule has 0 aliphatic heterocycles. The van der Waals surface area contributed by atoms with Crippen LogP contribution in [0.3, 0.4) is 0 Å². The molecule has 0 aliphatic carbocycles. The molecule has 0 saturated heterocycles. The number of ether oxygens (including phenoxy) is 1. The molecule has 0 atom stereocenters. The zero-order valence-electron chi connectivity index (χ0n) is 8.69. The lowest BCUT2D eigenvalue weighted by Crippen LogP contribution is -2.12. The molecule has 0 amide bonds. The van der Waals surface area contributed by atoms with E-state index in [1.54, 1.807) is 12.1 Å². The largest absolute Gasteiger partial charge is 0.497 e. The molecular weight excluding hydrogens is 292 g/mol. The number of fused-ring (bicyclic) bond motifs is 1. The zero-order valence-corrected chi connectivity index (χ0v) is 10.3. The van der Waals surface area contributed by atoms with E-state index in [0.29, 0.717) is 21.2 Å². The van der Waals surface area contributed by atoms with Crippen LogP contribution in [0.15, 0.2) is 31.9 Å². The summed E-state index contributed by atoms with van der Waals surface area (Å²) in [5.41, 5.74) is -0.991. The minimum Gasteiger partial charge on any atom is -0.497 e. The number of hydrogen-bond acceptors (Lipinski definition) is 4. The standard InChI is InChI=1S/C11H7BrO5/c1-16-6-2-5-3-7(10(13)14)11(15)17-9(5)8(12)4-6/h2-4H,1H3,(H,13,14). The highest BCUT2D eigenvalue weighted by Crippen LogP contribution is 2.28. The van der Waals surface area contributed by atoms with E-state index in [9.17, 15) is 9.59 Å². The number of carboxylic acid groups (broad SMARTS) is 1. The molecule has 88 valence electrons. The summed E-state index contributed by atoms with van der Waals surface area (Å²) in [7, 11) is 1.49. The summed E-state index contributed by atoms with van der Waals surface area (Å²) in [6, 6.07) is 4.48. The van der Waals surface area contributed by atoms with Crippen LogP contribution >= 0.6 is 15.9 Å². The second-order valence-corrected chi connectivity index (χ2v) is 4.13. The first-order valence-corrected chi connectivity index (χ1v) is 5.37. The van der Waals surface area contributed by atoms with Crippen LogP contribution in [0.2, 0.25) is 0 Å². The molecule has 1 aromatic heterocycles. The Morgan fingerprint density at radius 3 is 2.71 bits per heavy atom. The van der Waals surface area contributed by atoms with Crippen LogP contribution in [0.25, 0.3) is 11.0 Å². The lowest BCUT2D eigenvalue weighted by Gasteiger charge is -2.04. The van der Waals surface area contributed by atoms with Gasteiger partial charge in [-0.15, -0.1) is 0 Å². The number of benzene rings is 1. The Bertz CT molecular complexity index is 659. The molecule has 0 saturated carbocycles. The summed E-state index contributed by atoms with van der Waals surface area (Å²) >= 11 is 3.22. The Morgan fingerprint density at radius 1 is 1.41 bits per heavy atom. The van der Waals surface area contributed by atoms with Gasteiger partial charge in [0.25, 0.3) is 0 Å². The normalized spacial score (nSPS) is 10.5. The SMILES string of the molecule is COc1cc(Br)c2oc(=O)c(C(=O)O)cc2c1. The number of rotatable bonds is 2. The highest BCUT2D eigenvalue weighted by Gasteiger charge is 2.14. The van der Waals surface area contributed by atoms with Crippen molar-refractivity contribution in [3.8, 4) is 5.75 Å². The summed E-state index contributed by atoms with van der Waals surface area (Å²) < 4.78 is 10.5. The van der Waals surface area contributed by atoms with Crippen molar-refractivity contribution in [2.24, 2.45) is 0 Å². The fraction of sp³-hybridized carbons (Fsp3) is 0.0909. The fourth-order valence-electron chi connectivity index (χ4n) is 1.43. The second-order valence-electron chi connectivity index (χ2n) is 3.28. The van der Waals surface area contributed by atoms with Crippen LogP contribution in [0.5, 0.6) is 5.75 Å². The molecule has 1 heterocycles. The van der Waals surface area contributed by atoms with Crippen LogP contribution < -0.4 is 10.4 Å². The predicted molar refractivity (Wildman–Crippen MR) is 63.7 cm³/mol. The van der Waals surface area contributed by atoms with Crippen LogP contribution in [0.4, 0.5) is 0 Å². The summed E-state index contributed by atoms with van der Waals surface area (Å²) in [6.45, 7) is 0. The number of halogens is 1. The van der Waals surface area contributed by atoms with Crippen molar-refractivity contribution in [3.63, 3.8) is 0 Å². The summed E-state index contributed by atoms with van der Waals surface area (Å²) in [5.74, 6) is -0.783. The highest BCUT2D eigenvalue weighted by molar-refractivity contribution is 9.10. The van der Waals surface area contributed by atoms with Crippen molar-refractivity contribution in [2.75, 3.05) is 7.11 Å². The number of hydrogen-bond donors (Lipinski definition) is 1. The quantitative estimate of drug-likeness (QED) is 0.861. The van der Waals surface area contributed by atoms with Crippen molar-refractivity contribution in [2.45, 2.75) is 0 Å². The van der Waals surface area contributed by atoms with Crippen molar-refractivity contribution >= 4 is 32.9 Å². The van der Waals surface area contributed by atoms with Crippen LogP contribution in [-0.2, 0) is 0 Å². The summed E-state index contributed by atoms with van der Waals surface area (Å²) in [4.78, 5) is 22.2. The van der Waals surface area contributed by atoms with Gasteiger partial charge in [0.15, 0.2) is 5.58 Å². The topological polar surface area (TPSA) is 76.7 Å². The van der Waals surface area contributed by atoms with E-state index in [0.717, 1.165) is 0 Å². The van der Waals surface area contributed by atoms with Crippen molar-refractivity contribution in [1.82, 2.24) is 0 Å². The molecule has 1 aromatic carbocycles. The first-order chi connectivity index (χ1) is 8.02. The number of carbonyl (C=O) groups is 1. The molecule has 0 aliphatic rings. The summed E-state index contributed by atoms with van der Waals surface area (Å²) in [5, 5.41) is 9.30. The van der Waals surface area contributed by atoms with Gasteiger partial charge in [0.2, 0.25) is 0 Å². The van der Waals surface area contributed by atoms with E-state index in [2.05, 4.69) is 15.9 Å². The molecule has 0 unspecified atom stereocenters. The van der Waals surface area contributed by atoms with Gasteiger partial charge in [0, 0.05) is 5.39 Å². The molecule has 0 bridgehead atoms. The Kier molecular flexibility index (Phi) is 2.89. The van der Waals surface area contributed by atoms with Gasteiger partial charge in [0.05, 0.1) is 11.6 Å². The average Bonchev–Trinajstić information content (AvgIpc) is 2.28. The number of carboxylic acids is 1. The van der Waals surface area contributed by atoms with Gasteiger partial charge >= 0.3 is 11.6 Å². The van der Waals surface area contributed by atoms with Crippen molar-refractivity contribution in [3.05, 3.63) is 38.7 Å². The molecular formula is C11H7BrO5. The maximum atomic E-state index is 11.4. The molecule has 2 aromatic rings. The van der Waals surface area contributed by atoms with Gasteiger partial charge in [-0.05, 0) is 34.1 Å². The molecule has 0 radical (unpaired) electrons. The van der Waals surface area contributed by atoms with Gasteiger partial charge in [-0.25, -0.2) is 9.59 Å². The van der Waals surface area contributed by atoms with Crippen LogP contribution in [0.1, 0.15) is 10.4 Å². The Labute approximate surface area is 104 Å². The predicted octanol–water partition coefficient (Wildman–Crippen LogP) is 2.26. The first kappa shape index (κ1) is 11.7. The van der Waals surface area contributed by atoms with Crippen molar-refractivity contribution < 1.29 is 19.1 Å². The van der Waals surface area contributed by atoms with E-state index in [4.69, 9.17) is 14.3 Å². The molecule has 5 nitrogen and oxygen atoms in total. The Morgan fingerprint density at radius 2 is 2.12 bits per heavy atom. The zero-order chi connectivity index (χ0) is 12.6. The third-order valence-corrected chi connectivity index (χ3v) is 2.82. The number of aromatic carboxylic acids is 1. The molecule has 2 rings (SSSR count). The monoisotopic (exact) mass is 298 g/mol. The molecule has 1 N–H and O–H groups in total. The van der Waals surface area contributed by atoms with E-state index in [1.165, 1.54) is 13.2 Å². The lowest BCUT2D eigenvalue weighted by atomic mass is 10.2. The number of methoxy groups -OCH3 is 1. The lowest BCUT2D eigenvalue weighted by molar-refractivity contribution is 0.0692. The smallest absolute Gasteiger partial charge is 0.351 e. The van der Waals surface area contributed by atoms with Crippen LogP contribution in [-0.4, -0.2) is 18.2 Å². The fourth-order valence-corrected chi connectivity index (χ4v) is 1.97. The van der Waals surface area contributed by atoms with Crippen molar-refractivity contribution in [1.29, 1.82) is 0 Å². The Balaban J connectivity index is 2.84. The first-order valence-electron chi connectivity index (χ1n) is 4.57. The van der Waals surface area contributed by atoms with Gasteiger partial charge in [-0.2, -0.15) is 0 Å². The van der Waals surface area contributed by atoms with Crippen LogP contribution in [0, 0.1) is 0 Å². The van der Waals surface area contributed by atoms with Gasteiger partial charge in [-0.3, -0.25) is 0 Å². The van der Waals surface area contributed by atoms with E-state index >= 15 is 0 Å². The maximum Gasteiger partial charge on any atom is 0.351 e. The molecule has 0 fully saturated rings. The molecule has 17 heavy (non-hydrogen) atoms. The Hall–Kier alpha value is -1.82.